The van der Waals surface area contributed by atoms with Crippen molar-refractivity contribution in [1.82, 2.24) is 5.32 Å². The van der Waals surface area contributed by atoms with Gasteiger partial charge in [-0.3, -0.25) is 14.4 Å². The lowest BCUT2D eigenvalue weighted by Crippen LogP contribution is -2.46. The number of benzene rings is 1. The van der Waals surface area contributed by atoms with Crippen LogP contribution in [0, 0.1) is 5.92 Å². The summed E-state index contributed by atoms with van der Waals surface area (Å²) in [4.78, 5) is 46.7. The van der Waals surface area contributed by atoms with E-state index < -0.39 is 29.8 Å². The molecule has 1 aromatic carbocycles. The smallest absolute Gasteiger partial charge is 0.326 e. The van der Waals surface area contributed by atoms with Crippen LogP contribution in [-0.4, -0.2) is 41.5 Å². The minimum atomic E-state index is -1.28. The average Bonchev–Trinajstić information content (AvgIpc) is 2.52. The molecular weight excluding hydrogens is 328 g/mol. The van der Waals surface area contributed by atoms with Gasteiger partial charge in [0.15, 0.2) is 0 Å². The number of rotatable bonds is 8. The summed E-state index contributed by atoms with van der Waals surface area (Å²) in [5.41, 5.74) is 0.405. The second-order valence-corrected chi connectivity index (χ2v) is 5.50. The maximum Gasteiger partial charge on any atom is 0.326 e. The zero-order chi connectivity index (χ0) is 19.0. The molecule has 0 aliphatic carbocycles. The number of nitrogens with one attached hydrogen (secondary N) is 2. The largest absolute Gasteiger partial charge is 0.480 e. The van der Waals surface area contributed by atoms with Crippen LogP contribution in [0.1, 0.15) is 37.6 Å². The number of carbonyl (C=O) groups is 4. The van der Waals surface area contributed by atoms with Crippen LogP contribution in [0.25, 0.3) is 0 Å². The van der Waals surface area contributed by atoms with E-state index in [1.165, 1.54) is 26.0 Å². The Morgan fingerprint density at radius 1 is 1.20 bits per heavy atom. The molecule has 0 saturated carbocycles. The zero-order valence-electron chi connectivity index (χ0n) is 14.4. The van der Waals surface area contributed by atoms with Crippen molar-refractivity contribution < 1.29 is 29.0 Å². The van der Waals surface area contributed by atoms with E-state index in [1.54, 1.807) is 19.1 Å². The Labute approximate surface area is 145 Å². The molecule has 8 nitrogen and oxygen atoms in total. The van der Waals surface area contributed by atoms with Gasteiger partial charge in [-0.1, -0.05) is 19.1 Å². The molecule has 3 N–H and O–H groups in total. The maximum atomic E-state index is 12.4. The molecule has 136 valence electrons. The molecule has 0 spiro atoms. The van der Waals surface area contributed by atoms with Gasteiger partial charge in [0.05, 0.1) is 24.3 Å². The molecule has 1 rings (SSSR count). The third-order valence-electron chi connectivity index (χ3n) is 3.40. The van der Waals surface area contributed by atoms with Gasteiger partial charge in [-0.25, -0.2) is 4.79 Å². The number of carbonyl (C=O) groups excluding carboxylic acids is 3. The Kier molecular flexibility index (Phi) is 7.58. The first-order chi connectivity index (χ1) is 11.8. The minimum Gasteiger partial charge on any atom is -0.480 e. The Bertz CT molecular complexity index is 658. The highest BCUT2D eigenvalue weighted by molar-refractivity contribution is 6.04. The molecule has 0 bridgehead atoms. The van der Waals surface area contributed by atoms with E-state index in [9.17, 15) is 24.3 Å². The Morgan fingerprint density at radius 3 is 2.40 bits per heavy atom. The molecule has 1 aromatic rings. The second kappa shape index (κ2) is 9.41. The second-order valence-electron chi connectivity index (χ2n) is 5.50. The van der Waals surface area contributed by atoms with E-state index in [1.807, 2.05) is 0 Å². The summed E-state index contributed by atoms with van der Waals surface area (Å²) in [6.45, 7) is 4.68. The van der Waals surface area contributed by atoms with Crippen LogP contribution in [0.3, 0.4) is 0 Å². The predicted octanol–water partition coefficient (Wildman–Crippen LogP) is 1.42. The molecule has 0 aliphatic rings. The number of hydrogen-bond acceptors (Lipinski definition) is 5. The van der Waals surface area contributed by atoms with Gasteiger partial charge >= 0.3 is 11.9 Å². The normalized spacial score (nSPS) is 12.6. The molecule has 0 heterocycles. The molecule has 0 saturated heterocycles. The number of anilines is 1. The third-order valence-corrected chi connectivity index (χ3v) is 3.40. The van der Waals surface area contributed by atoms with Gasteiger partial charge < -0.3 is 20.5 Å². The zero-order valence-corrected chi connectivity index (χ0v) is 14.4. The van der Waals surface area contributed by atoms with E-state index in [4.69, 9.17) is 4.74 Å². The quantitative estimate of drug-likeness (QED) is 0.610. The molecule has 0 fully saturated rings. The third kappa shape index (κ3) is 6.25. The summed E-state index contributed by atoms with van der Waals surface area (Å²) in [7, 11) is 0. The summed E-state index contributed by atoms with van der Waals surface area (Å²) in [5, 5.41) is 14.3. The summed E-state index contributed by atoms with van der Waals surface area (Å²) in [6.07, 6.45) is -0.140. The van der Waals surface area contributed by atoms with Crippen LogP contribution in [-0.2, 0) is 19.1 Å². The minimum absolute atomic E-state index is 0.132. The topological polar surface area (TPSA) is 122 Å². The first-order valence-corrected chi connectivity index (χ1v) is 7.82. The van der Waals surface area contributed by atoms with E-state index in [0.717, 1.165) is 0 Å². The number of carboxylic acid groups (broad SMARTS) is 1. The van der Waals surface area contributed by atoms with Gasteiger partial charge in [-0.2, -0.15) is 0 Å². The molecule has 25 heavy (non-hydrogen) atoms. The maximum absolute atomic E-state index is 12.4. The average molecular weight is 350 g/mol. The van der Waals surface area contributed by atoms with Crippen molar-refractivity contribution in [2.45, 2.75) is 33.2 Å². The molecule has 0 unspecified atom stereocenters. The van der Waals surface area contributed by atoms with Gasteiger partial charge in [0.25, 0.3) is 5.91 Å². The molecule has 0 aliphatic heterocycles. The molecule has 0 radical (unpaired) electrons. The predicted molar refractivity (Wildman–Crippen MR) is 90.0 cm³/mol. The number of hydrogen-bond donors (Lipinski definition) is 3. The molecule has 8 heteroatoms. The van der Waals surface area contributed by atoms with E-state index in [2.05, 4.69) is 10.6 Å². The van der Waals surface area contributed by atoms with E-state index in [-0.39, 0.29) is 30.2 Å². The van der Waals surface area contributed by atoms with Gasteiger partial charge in [0.1, 0.15) is 6.04 Å². The number of amides is 2. The van der Waals surface area contributed by atoms with Crippen molar-refractivity contribution in [2.75, 3.05) is 11.9 Å². The standard InChI is InChI=1S/C17H22N2O6/c1-4-25-14(21)9-10(2)15(17(23)24)19-16(22)12-7-5-6-8-13(12)18-11(3)20/h5-8,10,15H,4,9H2,1-3H3,(H,18,20)(H,19,22)(H,23,24)/t10-,15-/m0/s1. The fraction of sp³-hybridized carbons (Fsp3) is 0.412. The summed E-state index contributed by atoms with van der Waals surface area (Å²) >= 11 is 0. The highest BCUT2D eigenvalue weighted by Crippen LogP contribution is 2.17. The lowest BCUT2D eigenvalue weighted by Gasteiger charge is -2.21. The number of esters is 1. The van der Waals surface area contributed by atoms with Crippen LogP contribution in [0.15, 0.2) is 24.3 Å². The number of para-hydroxylation sites is 1. The van der Waals surface area contributed by atoms with Crippen molar-refractivity contribution in [1.29, 1.82) is 0 Å². The van der Waals surface area contributed by atoms with E-state index >= 15 is 0 Å². The Morgan fingerprint density at radius 2 is 1.84 bits per heavy atom. The van der Waals surface area contributed by atoms with Crippen LogP contribution >= 0.6 is 0 Å². The van der Waals surface area contributed by atoms with Gasteiger partial charge in [-0.05, 0) is 25.0 Å². The SMILES string of the molecule is CCOC(=O)C[C@H](C)[C@H](NC(=O)c1ccccc1NC(C)=O)C(=O)O. The van der Waals surface area contributed by atoms with Gasteiger partial charge in [0.2, 0.25) is 5.91 Å². The van der Waals surface area contributed by atoms with Gasteiger partial charge in [-0.15, -0.1) is 0 Å². The van der Waals surface area contributed by atoms with Crippen LogP contribution in [0.2, 0.25) is 0 Å². The molecule has 2 amide bonds. The van der Waals surface area contributed by atoms with Crippen LogP contribution < -0.4 is 10.6 Å². The first-order valence-electron chi connectivity index (χ1n) is 7.82. The van der Waals surface area contributed by atoms with Crippen molar-refractivity contribution in [3.63, 3.8) is 0 Å². The van der Waals surface area contributed by atoms with Crippen molar-refractivity contribution in [3.05, 3.63) is 29.8 Å². The highest BCUT2D eigenvalue weighted by atomic mass is 16.5. The highest BCUT2D eigenvalue weighted by Gasteiger charge is 2.29. The monoisotopic (exact) mass is 350 g/mol. The van der Waals surface area contributed by atoms with Crippen LogP contribution in [0.4, 0.5) is 5.69 Å². The molecule has 0 aromatic heterocycles. The molecule has 2 atom stereocenters. The van der Waals surface area contributed by atoms with Gasteiger partial charge in [0, 0.05) is 6.92 Å². The first kappa shape index (κ1) is 20.1. The van der Waals surface area contributed by atoms with Crippen molar-refractivity contribution >= 4 is 29.4 Å². The fourth-order valence-corrected chi connectivity index (χ4v) is 2.25. The van der Waals surface area contributed by atoms with E-state index in [0.29, 0.717) is 0 Å². The van der Waals surface area contributed by atoms with Crippen LogP contribution in [0.5, 0.6) is 0 Å². The lowest BCUT2D eigenvalue weighted by atomic mass is 9.97. The number of aliphatic carboxylic acids is 1. The Balaban J connectivity index is 2.92. The van der Waals surface area contributed by atoms with Crippen molar-refractivity contribution in [2.24, 2.45) is 5.92 Å². The number of carboxylic acids is 1. The summed E-state index contributed by atoms with van der Waals surface area (Å²) in [5.74, 6) is -3.48. The lowest BCUT2D eigenvalue weighted by molar-refractivity contribution is -0.146. The van der Waals surface area contributed by atoms with Crippen molar-refractivity contribution in [3.8, 4) is 0 Å². The summed E-state index contributed by atoms with van der Waals surface area (Å²) < 4.78 is 4.80. The fourth-order valence-electron chi connectivity index (χ4n) is 2.25. The Hall–Kier alpha value is -2.90. The summed E-state index contributed by atoms with van der Waals surface area (Å²) in [6, 6.07) is 4.96. The molecular formula is C17H22N2O6. The number of ether oxygens (including phenoxy) is 1.